The number of pyridine rings is 1. The predicted octanol–water partition coefficient (Wildman–Crippen LogP) is 4.65. The molecule has 1 fully saturated rings. The number of hydrogen-bond acceptors (Lipinski definition) is 4. The van der Waals surface area contributed by atoms with Gasteiger partial charge < -0.3 is 9.80 Å². The number of anilines is 1. The lowest BCUT2D eigenvalue weighted by molar-refractivity contribution is 0.0740. The van der Waals surface area contributed by atoms with E-state index in [1.807, 2.05) is 17.0 Å². The highest BCUT2D eigenvalue weighted by Gasteiger charge is 2.26. The fraction of sp³-hybridized carbons (Fsp3) is 0.222. The molecule has 172 valence electrons. The summed E-state index contributed by atoms with van der Waals surface area (Å²) in [7, 11) is 0. The Bertz CT molecular complexity index is 1310. The molecule has 2 aromatic heterocycles. The molecule has 0 saturated carbocycles. The first-order valence-electron chi connectivity index (χ1n) is 11.4. The van der Waals surface area contributed by atoms with E-state index in [-0.39, 0.29) is 11.7 Å². The van der Waals surface area contributed by atoms with Gasteiger partial charge in [0.25, 0.3) is 5.91 Å². The van der Waals surface area contributed by atoms with E-state index in [4.69, 9.17) is 0 Å². The molecular formula is C27H26FN5O. The van der Waals surface area contributed by atoms with Gasteiger partial charge in [-0.15, -0.1) is 0 Å². The van der Waals surface area contributed by atoms with E-state index in [0.717, 1.165) is 24.3 Å². The van der Waals surface area contributed by atoms with Crippen molar-refractivity contribution in [2.75, 3.05) is 31.1 Å². The first-order valence-corrected chi connectivity index (χ1v) is 11.4. The van der Waals surface area contributed by atoms with Gasteiger partial charge in [0.15, 0.2) is 5.69 Å². The highest BCUT2D eigenvalue weighted by atomic mass is 19.1. The normalized spacial score (nSPS) is 13.9. The Labute approximate surface area is 198 Å². The van der Waals surface area contributed by atoms with Crippen LogP contribution in [0.2, 0.25) is 0 Å². The molecular weight excluding hydrogens is 429 g/mol. The van der Waals surface area contributed by atoms with Crippen LogP contribution in [0, 0.1) is 19.7 Å². The van der Waals surface area contributed by atoms with Crippen molar-refractivity contribution in [3.05, 3.63) is 95.7 Å². The molecule has 2 aromatic carbocycles. The van der Waals surface area contributed by atoms with E-state index in [9.17, 15) is 9.18 Å². The predicted molar refractivity (Wildman–Crippen MR) is 131 cm³/mol. The molecule has 7 heteroatoms. The maximum absolute atomic E-state index is 13.5. The summed E-state index contributed by atoms with van der Waals surface area (Å²) in [5.74, 6) is -0.427. The molecule has 0 spiro atoms. The van der Waals surface area contributed by atoms with Gasteiger partial charge in [-0.2, -0.15) is 5.10 Å². The number of benzene rings is 2. The fourth-order valence-electron chi connectivity index (χ4n) is 4.36. The molecule has 0 aliphatic carbocycles. The number of nitrogens with zero attached hydrogens (tertiary/aromatic N) is 5. The Kier molecular flexibility index (Phi) is 5.84. The SMILES string of the molecule is Cc1ccc(C)c(N2CCN(C(=O)c3cc(-c4cccnc4)n(-c4ccc(F)cc4)n3)CC2)c1. The Hall–Kier alpha value is -4.00. The largest absolute Gasteiger partial charge is 0.368 e. The monoisotopic (exact) mass is 455 g/mol. The summed E-state index contributed by atoms with van der Waals surface area (Å²) in [5.41, 5.74) is 6.31. The van der Waals surface area contributed by atoms with Crippen molar-refractivity contribution in [1.29, 1.82) is 0 Å². The highest BCUT2D eigenvalue weighted by Crippen LogP contribution is 2.26. The third kappa shape index (κ3) is 4.29. The summed E-state index contributed by atoms with van der Waals surface area (Å²) < 4.78 is 15.2. The van der Waals surface area contributed by atoms with Crippen LogP contribution in [-0.4, -0.2) is 51.8 Å². The van der Waals surface area contributed by atoms with Gasteiger partial charge in [-0.25, -0.2) is 9.07 Å². The molecule has 0 unspecified atom stereocenters. The first kappa shape index (κ1) is 21.8. The van der Waals surface area contributed by atoms with Crippen molar-refractivity contribution in [2.24, 2.45) is 0 Å². The summed E-state index contributed by atoms with van der Waals surface area (Å²) >= 11 is 0. The van der Waals surface area contributed by atoms with Gasteiger partial charge in [0.05, 0.1) is 11.4 Å². The maximum atomic E-state index is 13.5. The third-order valence-corrected chi connectivity index (χ3v) is 6.23. The summed E-state index contributed by atoms with van der Waals surface area (Å²) in [6.45, 7) is 7.00. The van der Waals surface area contributed by atoms with Crippen molar-refractivity contribution in [3.8, 4) is 16.9 Å². The lowest BCUT2D eigenvalue weighted by Crippen LogP contribution is -2.49. The quantitative estimate of drug-likeness (QED) is 0.449. The molecule has 1 aliphatic heterocycles. The molecule has 4 aromatic rings. The van der Waals surface area contributed by atoms with E-state index < -0.39 is 0 Å². The number of piperazine rings is 1. The van der Waals surface area contributed by atoms with Gasteiger partial charge in [-0.3, -0.25) is 9.78 Å². The van der Waals surface area contributed by atoms with E-state index in [1.54, 1.807) is 35.3 Å². The van der Waals surface area contributed by atoms with Crippen LogP contribution in [-0.2, 0) is 0 Å². The highest BCUT2D eigenvalue weighted by molar-refractivity contribution is 5.94. The first-order chi connectivity index (χ1) is 16.5. The van der Waals surface area contributed by atoms with Crippen LogP contribution in [0.1, 0.15) is 21.6 Å². The zero-order chi connectivity index (χ0) is 23.7. The Balaban J connectivity index is 1.40. The Morgan fingerprint density at radius 3 is 2.41 bits per heavy atom. The second-order valence-corrected chi connectivity index (χ2v) is 8.61. The van der Waals surface area contributed by atoms with Crippen LogP contribution >= 0.6 is 0 Å². The number of amides is 1. The van der Waals surface area contributed by atoms with E-state index in [2.05, 4.69) is 47.0 Å². The molecule has 1 amide bonds. The number of aromatic nitrogens is 3. The lowest BCUT2D eigenvalue weighted by atomic mass is 10.1. The smallest absolute Gasteiger partial charge is 0.274 e. The molecule has 5 rings (SSSR count). The van der Waals surface area contributed by atoms with Crippen molar-refractivity contribution in [2.45, 2.75) is 13.8 Å². The molecule has 0 atom stereocenters. The van der Waals surface area contributed by atoms with Crippen LogP contribution in [0.5, 0.6) is 0 Å². The second kappa shape index (κ2) is 9.09. The topological polar surface area (TPSA) is 54.3 Å². The molecule has 6 nitrogen and oxygen atoms in total. The van der Waals surface area contributed by atoms with Gasteiger partial charge in [-0.05, 0) is 73.5 Å². The molecule has 0 bridgehead atoms. The van der Waals surface area contributed by atoms with Crippen LogP contribution < -0.4 is 4.90 Å². The molecule has 0 N–H and O–H groups in total. The minimum absolute atomic E-state index is 0.105. The summed E-state index contributed by atoms with van der Waals surface area (Å²) in [5, 5.41) is 4.63. The van der Waals surface area contributed by atoms with Crippen LogP contribution in [0.4, 0.5) is 10.1 Å². The number of hydrogen-bond donors (Lipinski definition) is 0. The zero-order valence-electron chi connectivity index (χ0n) is 19.3. The van der Waals surface area contributed by atoms with Crippen molar-refractivity contribution < 1.29 is 9.18 Å². The summed E-state index contributed by atoms with van der Waals surface area (Å²) in [6, 6.07) is 18.1. The number of carbonyl (C=O) groups is 1. The number of carbonyl (C=O) groups excluding carboxylic acids is 1. The maximum Gasteiger partial charge on any atom is 0.274 e. The lowest BCUT2D eigenvalue weighted by Gasteiger charge is -2.36. The van der Waals surface area contributed by atoms with Crippen molar-refractivity contribution >= 4 is 11.6 Å². The van der Waals surface area contributed by atoms with E-state index in [0.29, 0.717) is 24.5 Å². The van der Waals surface area contributed by atoms with Gasteiger partial charge in [0, 0.05) is 49.8 Å². The average molecular weight is 456 g/mol. The molecule has 0 radical (unpaired) electrons. The van der Waals surface area contributed by atoms with Crippen LogP contribution in [0.3, 0.4) is 0 Å². The van der Waals surface area contributed by atoms with Gasteiger partial charge in [-0.1, -0.05) is 12.1 Å². The van der Waals surface area contributed by atoms with Crippen molar-refractivity contribution in [1.82, 2.24) is 19.7 Å². The van der Waals surface area contributed by atoms with Crippen LogP contribution in [0.15, 0.2) is 73.1 Å². The average Bonchev–Trinajstić information content (AvgIpc) is 3.32. The Morgan fingerprint density at radius 2 is 1.71 bits per heavy atom. The number of aryl methyl sites for hydroxylation is 2. The minimum atomic E-state index is -0.322. The third-order valence-electron chi connectivity index (χ3n) is 6.23. The second-order valence-electron chi connectivity index (χ2n) is 8.61. The van der Waals surface area contributed by atoms with Crippen molar-refractivity contribution in [3.63, 3.8) is 0 Å². The van der Waals surface area contributed by atoms with Crippen LogP contribution in [0.25, 0.3) is 16.9 Å². The number of rotatable bonds is 4. The molecule has 3 heterocycles. The summed E-state index contributed by atoms with van der Waals surface area (Å²) in [6.07, 6.45) is 3.43. The molecule has 1 aliphatic rings. The minimum Gasteiger partial charge on any atom is -0.368 e. The molecule has 34 heavy (non-hydrogen) atoms. The fourth-order valence-corrected chi connectivity index (χ4v) is 4.36. The van der Waals surface area contributed by atoms with Gasteiger partial charge >= 0.3 is 0 Å². The number of halogens is 1. The van der Waals surface area contributed by atoms with Gasteiger partial charge in [0.2, 0.25) is 0 Å². The van der Waals surface area contributed by atoms with E-state index >= 15 is 0 Å². The summed E-state index contributed by atoms with van der Waals surface area (Å²) in [4.78, 5) is 21.8. The zero-order valence-corrected chi connectivity index (χ0v) is 19.3. The molecule has 1 saturated heterocycles. The van der Waals surface area contributed by atoms with Gasteiger partial charge in [0.1, 0.15) is 5.82 Å². The Morgan fingerprint density at radius 1 is 0.941 bits per heavy atom. The standard InChI is InChI=1S/C27H26FN5O/c1-19-5-6-20(2)25(16-19)31-12-14-32(15-13-31)27(34)24-17-26(21-4-3-11-29-18-21)33(30-24)23-9-7-22(28)8-10-23/h3-11,16-18H,12-15H2,1-2H3. The van der Waals surface area contributed by atoms with E-state index in [1.165, 1.54) is 28.9 Å².